The molecule has 112 valence electrons. The minimum atomic E-state index is -1.12. The molecule has 0 aromatic heterocycles. The molecule has 2 rings (SSSR count). The molecule has 2 aromatic carbocycles. The topological polar surface area (TPSA) is 60.4 Å². The van der Waals surface area contributed by atoms with Crippen LogP contribution in [0.2, 0.25) is 0 Å². The summed E-state index contributed by atoms with van der Waals surface area (Å²) in [6.07, 6.45) is -0.204. The zero-order chi connectivity index (χ0) is 15.9. The van der Waals surface area contributed by atoms with Crippen molar-refractivity contribution in [2.75, 3.05) is 7.11 Å². The molecule has 0 radical (unpaired) electrons. The van der Waals surface area contributed by atoms with Gasteiger partial charge in [-0.2, -0.15) is 0 Å². The molecule has 1 unspecified atom stereocenters. The van der Waals surface area contributed by atoms with Gasteiger partial charge in [0.1, 0.15) is 5.92 Å². The van der Waals surface area contributed by atoms with E-state index in [0.717, 1.165) is 0 Å². The molecular formula is C18H16O4. The van der Waals surface area contributed by atoms with Gasteiger partial charge in [0.2, 0.25) is 0 Å². The molecule has 0 amide bonds. The van der Waals surface area contributed by atoms with Crippen LogP contribution in [0.25, 0.3) is 0 Å². The first-order valence-corrected chi connectivity index (χ1v) is 6.89. The van der Waals surface area contributed by atoms with Crippen molar-refractivity contribution in [3.05, 3.63) is 71.8 Å². The first-order valence-electron chi connectivity index (χ1n) is 6.89. The second-order valence-corrected chi connectivity index (χ2v) is 4.80. The summed E-state index contributed by atoms with van der Waals surface area (Å²) in [5, 5.41) is 0. The van der Waals surface area contributed by atoms with Gasteiger partial charge in [-0.25, -0.2) is 0 Å². The van der Waals surface area contributed by atoms with Crippen molar-refractivity contribution in [3.63, 3.8) is 0 Å². The third-order valence-corrected chi connectivity index (χ3v) is 3.35. The number of carbonyl (C=O) groups is 3. The Bertz CT molecular complexity index is 662. The van der Waals surface area contributed by atoms with Crippen LogP contribution < -0.4 is 0 Å². The number of hydrogen-bond donors (Lipinski definition) is 0. The second kappa shape index (κ2) is 7.31. The number of esters is 1. The van der Waals surface area contributed by atoms with Crippen molar-refractivity contribution < 1.29 is 19.1 Å². The van der Waals surface area contributed by atoms with Crippen molar-refractivity contribution in [2.24, 2.45) is 5.92 Å². The molecule has 0 N–H and O–H groups in total. The highest BCUT2D eigenvalue weighted by molar-refractivity contribution is 6.12. The molecule has 0 aliphatic carbocycles. The van der Waals surface area contributed by atoms with E-state index in [0.29, 0.717) is 11.1 Å². The molecule has 0 spiro atoms. The minimum Gasteiger partial charge on any atom is -0.468 e. The Labute approximate surface area is 128 Å². The van der Waals surface area contributed by atoms with Gasteiger partial charge in [-0.3, -0.25) is 14.4 Å². The molecule has 0 aliphatic heterocycles. The first kappa shape index (κ1) is 15.6. The molecule has 2 aromatic rings. The van der Waals surface area contributed by atoms with E-state index in [4.69, 9.17) is 0 Å². The number of Topliss-reactive ketones (excluding diaryl/α,β-unsaturated/α-hetero) is 2. The summed E-state index contributed by atoms with van der Waals surface area (Å²) in [5.74, 6) is -2.49. The summed E-state index contributed by atoms with van der Waals surface area (Å²) in [5.41, 5.74) is 0.857. The fraction of sp³-hybridized carbons (Fsp3) is 0.167. The number of ketones is 2. The first-order chi connectivity index (χ1) is 10.6. The van der Waals surface area contributed by atoms with Crippen LogP contribution in [0.15, 0.2) is 60.7 Å². The van der Waals surface area contributed by atoms with Gasteiger partial charge in [-0.1, -0.05) is 60.7 Å². The van der Waals surface area contributed by atoms with Crippen molar-refractivity contribution in [2.45, 2.75) is 6.42 Å². The average molecular weight is 296 g/mol. The third-order valence-electron chi connectivity index (χ3n) is 3.35. The summed E-state index contributed by atoms with van der Waals surface area (Å²) < 4.78 is 4.68. The highest BCUT2D eigenvalue weighted by atomic mass is 16.5. The lowest BCUT2D eigenvalue weighted by atomic mass is 9.91. The van der Waals surface area contributed by atoms with Crippen LogP contribution in [0.4, 0.5) is 0 Å². The molecule has 0 heterocycles. The molecule has 0 bridgehead atoms. The van der Waals surface area contributed by atoms with E-state index in [-0.39, 0.29) is 12.2 Å². The Balaban J connectivity index is 2.22. The second-order valence-electron chi connectivity index (χ2n) is 4.80. The van der Waals surface area contributed by atoms with E-state index in [1.54, 1.807) is 60.7 Å². The maximum atomic E-state index is 12.5. The van der Waals surface area contributed by atoms with Crippen molar-refractivity contribution in [1.29, 1.82) is 0 Å². The molecule has 4 heteroatoms. The smallest absolute Gasteiger partial charge is 0.317 e. The lowest BCUT2D eigenvalue weighted by Crippen LogP contribution is -2.28. The molecule has 1 atom stereocenters. The maximum Gasteiger partial charge on any atom is 0.317 e. The number of rotatable bonds is 6. The largest absolute Gasteiger partial charge is 0.468 e. The molecule has 22 heavy (non-hydrogen) atoms. The lowest BCUT2D eigenvalue weighted by Gasteiger charge is -2.13. The van der Waals surface area contributed by atoms with Crippen LogP contribution in [0.1, 0.15) is 27.1 Å². The van der Waals surface area contributed by atoms with Crippen molar-refractivity contribution in [1.82, 2.24) is 0 Å². The van der Waals surface area contributed by atoms with Gasteiger partial charge < -0.3 is 4.74 Å². The highest BCUT2D eigenvalue weighted by Crippen LogP contribution is 2.17. The normalized spacial score (nSPS) is 11.5. The molecular weight excluding hydrogens is 280 g/mol. The summed E-state index contributed by atoms with van der Waals surface area (Å²) in [4.78, 5) is 36.6. The van der Waals surface area contributed by atoms with Crippen LogP contribution in [-0.2, 0) is 9.53 Å². The summed E-state index contributed by atoms with van der Waals surface area (Å²) in [6, 6.07) is 17.0. The Morgan fingerprint density at radius 3 is 1.86 bits per heavy atom. The molecule has 0 saturated heterocycles. The standard InChI is InChI=1S/C18H16O4/c1-22-18(21)15(17(20)14-10-6-3-7-11-14)12-16(19)13-8-4-2-5-9-13/h2-11,15H,12H2,1H3. The van der Waals surface area contributed by atoms with Crippen molar-refractivity contribution in [3.8, 4) is 0 Å². The quantitative estimate of drug-likeness (QED) is 0.467. The molecule has 0 fully saturated rings. The Morgan fingerprint density at radius 2 is 1.36 bits per heavy atom. The van der Waals surface area contributed by atoms with E-state index in [1.807, 2.05) is 0 Å². The molecule has 0 saturated carbocycles. The zero-order valence-electron chi connectivity index (χ0n) is 12.2. The van der Waals surface area contributed by atoms with E-state index in [9.17, 15) is 14.4 Å². The van der Waals surface area contributed by atoms with Crippen LogP contribution in [0.3, 0.4) is 0 Å². The number of benzene rings is 2. The van der Waals surface area contributed by atoms with Gasteiger partial charge >= 0.3 is 5.97 Å². The number of carbonyl (C=O) groups excluding carboxylic acids is 3. The Kier molecular flexibility index (Phi) is 5.20. The fourth-order valence-corrected chi connectivity index (χ4v) is 2.16. The third kappa shape index (κ3) is 3.67. The Hall–Kier alpha value is -2.75. The number of methoxy groups -OCH3 is 1. The maximum absolute atomic E-state index is 12.5. The predicted molar refractivity (Wildman–Crippen MR) is 81.7 cm³/mol. The van der Waals surface area contributed by atoms with Gasteiger partial charge in [0.05, 0.1) is 7.11 Å². The van der Waals surface area contributed by atoms with Crippen LogP contribution in [0, 0.1) is 5.92 Å². The van der Waals surface area contributed by atoms with Gasteiger partial charge in [0.15, 0.2) is 11.6 Å². The monoisotopic (exact) mass is 296 g/mol. The Morgan fingerprint density at radius 1 is 0.864 bits per heavy atom. The van der Waals surface area contributed by atoms with Crippen LogP contribution >= 0.6 is 0 Å². The van der Waals surface area contributed by atoms with E-state index < -0.39 is 17.7 Å². The van der Waals surface area contributed by atoms with Crippen LogP contribution in [0.5, 0.6) is 0 Å². The van der Waals surface area contributed by atoms with Crippen LogP contribution in [-0.4, -0.2) is 24.6 Å². The molecule has 0 aliphatic rings. The minimum absolute atomic E-state index is 0.204. The summed E-state index contributed by atoms with van der Waals surface area (Å²) in [7, 11) is 1.21. The van der Waals surface area contributed by atoms with E-state index >= 15 is 0 Å². The van der Waals surface area contributed by atoms with Gasteiger partial charge in [-0.15, -0.1) is 0 Å². The van der Waals surface area contributed by atoms with E-state index in [1.165, 1.54) is 7.11 Å². The summed E-state index contributed by atoms with van der Waals surface area (Å²) >= 11 is 0. The fourth-order valence-electron chi connectivity index (χ4n) is 2.16. The number of hydrogen-bond acceptors (Lipinski definition) is 4. The number of ether oxygens (including phenoxy) is 1. The highest BCUT2D eigenvalue weighted by Gasteiger charge is 2.31. The van der Waals surface area contributed by atoms with Gasteiger partial charge in [-0.05, 0) is 0 Å². The van der Waals surface area contributed by atoms with E-state index in [2.05, 4.69) is 4.74 Å². The zero-order valence-corrected chi connectivity index (χ0v) is 12.2. The SMILES string of the molecule is COC(=O)C(CC(=O)c1ccccc1)C(=O)c1ccccc1. The van der Waals surface area contributed by atoms with Gasteiger partial charge in [0.25, 0.3) is 0 Å². The molecule has 4 nitrogen and oxygen atoms in total. The average Bonchev–Trinajstić information content (AvgIpc) is 2.59. The lowest BCUT2D eigenvalue weighted by molar-refractivity contribution is -0.143. The predicted octanol–water partition coefficient (Wildman–Crippen LogP) is 2.93. The van der Waals surface area contributed by atoms with Crippen molar-refractivity contribution >= 4 is 17.5 Å². The van der Waals surface area contributed by atoms with Gasteiger partial charge in [0, 0.05) is 17.5 Å². The summed E-state index contributed by atoms with van der Waals surface area (Å²) in [6.45, 7) is 0.